The van der Waals surface area contributed by atoms with E-state index >= 15 is 0 Å². The average molecular weight is 309 g/mol. The number of likely N-dealkylation sites (N-methyl/N-ethyl adjacent to an activating group) is 1. The van der Waals surface area contributed by atoms with E-state index in [1.807, 2.05) is 19.0 Å². The lowest BCUT2D eigenvalue weighted by Gasteiger charge is -2.33. The predicted molar refractivity (Wildman–Crippen MR) is 87.5 cm³/mol. The molecule has 0 aromatic carbocycles. The molecule has 1 N–H and O–H groups in total. The van der Waals surface area contributed by atoms with E-state index in [4.69, 9.17) is 0 Å². The summed E-state index contributed by atoms with van der Waals surface area (Å²) in [5.74, 6) is 0.331. The number of nitrogens with zero attached hydrogens (tertiary/aromatic N) is 2. The summed E-state index contributed by atoms with van der Waals surface area (Å²) in [5.41, 5.74) is 0. The third kappa shape index (κ3) is 5.27. The molecule has 1 saturated carbocycles. The van der Waals surface area contributed by atoms with Crippen molar-refractivity contribution < 1.29 is 9.59 Å². The lowest BCUT2D eigenvalue weighted by Crippen LogP contribution is -2.49. The molecule has 1 aliphatic heterocycles. The zero-order valence-corrected chi connectivity index (χ0v) is 14.1. The van der Waals surface area contributed by atoms with E-state index in [0.717, 1.165) is 25.9 Å². The van der Waals surface area contributed by atoms with Crippen LogP contribution < -0.4 is 5.32 Å². The quantitative estimate of drug-likeness (QED) is 0.785. The van der Waals surface area contributed by atoms with E-state index in [9.17, 15) is 9.59 Å². The molecule has 2 amide bonds. The van der Waals surface area contributed by atoms with E-state index < -0.39 is 0 Å². The van der Waals surface area contributed by atoms with Crippen LogP contribution in [0, 0.1) is 5.92 Å². The first kappa shape index (κ1) is 17.3. The van der Waals surface area contributed by atoms with E-state index in [1.54, 1.807) is 0 Å². The second-order valence-electron chi connectivity index (χ2n) is 7.08. The molecule has 0 spiro atoms. The van der Waals surface area contributed by atoms with E-state index in [0.29, 0.717) is 25.4 Å². The van der Waals surface area contributed by atoms with Gasteiger partial charge < -0.3 is 15.1 Å². The summed E-state index contributed by atoms with van der Waals surface area (Å²) < 4.78 is 0. The Labute approximate surface area is 134 Å². The monoisotopic (exact) mass is 309 g/mol. The van der Waals surface area contributed by atoms with Crippen LogP contribution in [0.5, 0.6) is 0 Å². The Hall–Kier alpha value is -1.10. The number of amides is 2. The molecule has 5 nitrogen and oxygen atoms in total. The standard InChI is InChI=1S/C17H31N3O2/c1-19(2)11-12-20-13-14(9-10-16(20)21)17(22)18-15-7-5-3-4-6-8-15/h14-15H,3-13H2,1-2H3,(H,18,22). The van der Waals surface area contributed by atoms with Gasteiger partial charge in [-0.15, -0.1) is 0 Å². The summed E-state index contributed by atoms with van der Waals surface area (Å²) in [6.07, 6.45) is 8.48. The van der Waals surface area contributed by atoms with Gasteiger partial charge in [0.2, 0.25) is 11.8 Å². The summed E-state index contributed by atoms with van der Waals surface area (Å²) in [6.45, 7) is 2.16. The van der Waals surface area contributed by atoms with Crippen LogP contribution in [0.25, 0.3) is 0 Å². The molecule has 126 valence electrons. The summed E-state index contributed by atoms with van der Waals surface area (Å²) >= 11 is 0. The van der Waals surface area contributed by atoms with Crippen LogP contribution in [0.1, 0.15) is 51.4 Å². The van der Waals surface area contributed by atoms with Crippen LogP contribution in [0.2, 0.25) is 0 Å². The minimum Gasteiger partial charge on any atom is -0.353 e. The number of carbonyl (C=O) groups excluding carboxylic acids is 2. The second-order valence-corrected chi connectivity index (χ2v) is 7.08. The first-order valence-electron chi connectivity index (χ1n) is 8.79. The Morgan fingerprint density at radius 1 is 1.18 bits per heavy atom. The van der Waals surface area contributed by atoms with Crippen molar-refractivity contribution in [3.63, 3.8) is 0 Å². The molecule has 1 unspecified atom stereocenters. The molecule has 0 bridgehead atoms. The Morgan fingerprint density at radius 2 is 1.86 bits per heavy atom. The van der Waals surface area contributed by atoms with E-state index in [2.05, 4.69) is 10.2 Å². The van der Waals surface area contributed by atoms with Gasteiger partial charge in [0, 0.05) is 32.1 Å². The first-order valence-corrected chi connectivity index (χ1v) is 8.79. The highest BCUT2D eigenvalue weighted by Gasteiger charge is 2.31. The van der Waals surface area contributed by atoms with Gasteiger partial charge in [-0.2, -0.15) is 0 Å². The van der Waals surface area contributed by atoms with Crippen molar-refractivity contribution in [3.05, 3.63) is 0 Å². The predicted octanol–water partition coefficient (Wildman–Crippen LogP) is 1.63. The third-order valence-electron chi connectivity index (χ3n) is 4.89. The van der Waals surface area contributed by atoms with Crippen LogP contribution in [0.4, 0.5) is 0 Å². The van der Waals surface area contributed by atoms with Gasteiger partial charge in [0.15, 0.2) is 0 Å². The maximum atomic E-state index is 12.5. The third-order valence-corrected chi connectivity index (χ3v) is 4.89. The molecule has 1 atom stereocenters. The number of piperidine rings is 1. The molecule has 0 aromatic heterocycles. The molecule has 1 saturated heterocycles. The average Bonchev–Trinajstić information content (AvgIpc) is 2.74. The van der Waals surface area contributed by atoms with Gasteiger partial charge in [-0.25, -0.2) is 0 Å². The Morgan fingerprint density at radius 3 is 2.50 bits per heavy atom. The summed E-state index contributed by atoms with van der Waals surface area (Å²) in [5, 5.41) is 3.24. The molecule has 22 heavy (non-hydrogen) atoms. The summed E-state index contributed by atoms with van der Waals surface area (Å²) in [6, 6.07) is 0.350. The number of likely N-dealkylation sites (tertiary alicyclic amines) is 1. The van der Waals surface area contributed by atoms with Gasteiger partial charge in [-0.1, -0.05) is 25.7 Å². The lowest BCUT2D eigenvalue weighted by atomic mass is 9.95. The minimum absolute atomic E-state index is 0.0249. The molecule has 1 heterocycles. The summed E-state index contributed by atoms with van der Waals surface area (Å²) in [4.78, 5) is 28.4. The summed E-state index contributed by atoms with van der Waals surface area (Å²) in [7, 11) is 4.01. The SMILES string of the molecule is CN(C)CCN1CC(C(=O)NC2CCCCCC2)CCC1=O. The van der Waals surface area contributed by atoms with Gasteiger partial charge in [0.1, 0.15) is 0 Å². The normalized spacial score (nSPS) is 24.4. The van der Waals surface area contributed by atoms with Crippen molar-refractivity contribution in [1.82, 2.24) is 15.1 Å². The number of hydrogen-bond acceptors (Lipinski definition) is 3. The zero-order chi connectivity index (χ0) is 15.9. The van der Waals surface area contributed by atoms with Gasteiger partial charge >= 0.3 is 0 Å². The van der Waals surface area contributed by atoms with Crippen molar-refractivity contribution >= 4 is 11.8 Å². The smallest absolute Gasteiger partial charge is 0.225 e. The zero-order valence-electron chi connectivity index (χ0n) is 14.1. The number of carbonyl (C=O) groups is 2. The van der Waals surface area contributed by atoms with Crippen LogP contribution >= 0.6 is 0 Å². The van der Waals surface area contributed by atoms with Crippen LogP contribution in [0.15, 0.2) is 0 Å². The Bertz CT molecular complexity index is 376. The van der Waals surface area contributed by atoms with Crippen LogP contribution in [-0.4, -0.2) is 61.4 Å². The van der Waals surface area contributed by atoms with Crippen LogP contribution in [0.3, 0.4) is 0 Å². The van der Waals surface area contributed by atoms with Crippen molar-refractivity contribution in [1.29, 1.82) is 0 Å². The highest BCUT2D eigenvalue weighted by Crippen LogP contribution is 2.21. The fourth-order valence-corrected chi connectivity index (χ4v) is 3.41. The number of rotatable bonds is 5. The van der Waals surface area contributed by atoms with Crippen molar-refractivity contribution in [2.24, 2.45) is 5.92 Å². The molecule has 1 aliphatic carbocycles. The van der Waals surface area contributed by atoms with Crippen LogP contribution in [-0.2, 0) is 9.59 Å². The highest BCUT2D eigenvalue weighted by atomic mass is 16.2. The molecular weight excluding hydrogens is 278 g/mol. The molecule has 2 fully saturated rings. The molecule has 2 aliphatic rings. The highest BCUT2D eigenvalue weighted by molar-refractivity contribution is 5.84. The van der Waals surface area contributed by atoms with Crippen molar-refractivity contribution in [2.75, 3.05) is 33.7 Å². The molecule has 2 rings (SSSR count). The fourth-order valence-electron chi connectivity index (χ4n) is 3.41. The Balaban J connectivity index is 1.82. The molecular formula is C17H31N3O2. The van der Waals surface area contributed by atoms with Gasteiger partial charge in [-0.3, -0.25) is 9.59 Å². The molecule has 5 heteroatoms. The van der Waals surface area contributed by atoms with E-state index in [1.165, 1.54) is 25.7 Å². The molecule has 0 radical (unpaired) electrons. The topological polar surface area (TPSA) is 52.6 Å². The largest absolute Gasteiger partial charge is 0.353 e. The first-order chi connectivity index (χ1) is 10.6. The number of nitrogens with one attached hydrogen (secondary N) is 1. The lowest BCUT2D eigenvalue weighted by molar-refractivity contribution is -0.138. The van der Waals surface area contributed by atoms with Crippen molar-refractivity contribution in [3.8, 4) is 0 Å². The van der Waals surface area contributed by atoms with Gasteiger partial charge in [0.25, 0.3) is 0 Å². The number of hydrogen-bond donors (Lipinski definition) is 1. The van der Waals surface area contributed by atoms with Gasteiger partial charge in [-0.05, 0) is 33.4 Å². The van der Waals surface area contributed by atoms with E-state index in [-0.39, 0.29) is 17.7 Å². The van der Waals surface area contributed by atoms with Gasteiger partial charge in [0.05, 0.1) is 5.92 Å². The molecule has 0 aromatic rings. The maximum Gasteiger partial charge on any atom is 0.225 e. The maximum absolute atomic E-state index is 12.5. The van der Waals surface area contributed by atoms with Crippen molar-refractivity contribution in [2.45, 2.75) is 57.4 Å². The minimum atomic E-state index is -0.0249. The Kier molecular flexibility index (Phi) is 6.68. The fraction of sp³-hybridized carbons (Fsp3) is 0.882. The second kappa shape index (κ2) is 8.51.